The SMILES string of the molecule is COc1ccc(NC(=O)CSc2nc3cnc(Cl)cc3[nH]2)nc1OC. The molecule has 0 fully saturated rings. The molecule has 0 unspecified atom stereocenters. The van der Waals surface area contributed by atoms with E-state index in [-0.39, 0.29) is 11.7 Å². The summed E-state index contributed by atoms with van der Waals surface area (Å²) in [6, 6.07) is 4.99. The van der Waals surface area contributed by atoms with Crippen molar-refractivity contribution in [3.63, 3.8) is 0 Å². The van der Waals surface area contributed by atoms with E-state index in [0.717, 1.165) is 5.52 Å². The maximum absolute atomic E-state index is 12.1. The number of imidazole rings is 1. The number of fused-ring (bicyclic) bond motifs is 1. The minimum absolute atomic E-state index is 0.164. The number of pyridine rings is 2. The van der Waals surface area contributed by atoms with Crippen molar-refractivity contribution < 1.29 is 14.3 Å². The summed E-state index contributed by atoms with van der Waals surface area (Å²) in [6.45, 7) is 0. The van der Waals surface area contributed by atoms with E-state index < -0.39 is 0 Å². The topological polar surface area (TPSA) is 102 Å². The van der Waals surface area contributed by atoms with Gasteiger partial charge < -0.3 is 19.8 Å². The minimum Gasteiger partial charge on any atom is -0.491 e. The summed E-state index contributed by atoms with van der Waals surface area (Å²) in [5, 5.41) is 3.69. The molecule has 3 aromatic heterocycles. The van der Waals surface area contributed by atoms with Crippen molar-refractivity contribution in [3.05, 3.63) is 29.5 Å². The van der Waals surface area contributed by atoms with Crippen molar-refractivity contribution in [3.8, 4) is 11.6 Å². The Labute approximate surface area is 152 Å². The van der Waals surface area contributed by atoms with E-state index in [1.165, 1.54) is 26.0 Å². The summed E-state index contributed by atoms with van der Waals surface area (Å²) in [5.41, 5.74) is 1.46. The van der Waals surface area contributed by atoms with Crippen LogP contribution in [0.2, 0.25) is 5.15 Å². The smallest absolute Gasteiger partial charge is 0.258 e. The lowest BCUT2D eigenvalue weighted by Crippen LogP contribution is -2.15. The van der Waals surface area contributed by atoms with Crippen LogP contribution in [0.5, 0.6) is 11.6 Å². The van der Waals surface area contributed by atoms with Gasteiger partial charge in [-0.25, -0.2) is 9.97 Å². The van der Waals surface area contributed by atoms with Crippen molar-refractivity contribution in [2.45, 2.75) is 5.16 Å². The first-order chi connectivity index (χ1) is 12.1. The van der Waals surface area contributed by atoms with Crippen molar-refractivity contribution >= 4 is 46.1 Å². The van der Waals surface area contributed by atoms with Gasteiger partial charge in [0.2, 0.25) is 5.91 Å². The van der Waals surface area contributed by atoms with Gasteiger partial charge in [0.1, 0.15) is 16.5 Å². The molecule has 0 saturated heterocycles. The third-order valence-corrected chi connectivity index (χ3v) is 4.24. The molecule has 0 bridgehead atoms. The molecule has 0 saturated carbocycles. The summed E-state index contributed by atoms with van der Waals surface area (Å²) in [5.74, 6) is 1.11. The second-order valence-electron chi connectivity index (χ2n) is 4.81. The van der Waals surface area contributed by atoms with E-state index in [2.05, 4.69) is 25.3 Å². The van der Waals surface area contributed by atoms with E-state index in [1.807, 2.05) is 0 Å². The van der Waals surface area contributed by atoms with Crippen molar-refractivity contribution in [1.82, 2.24) is 19.9 Å². The molecule has 3 heterocycles. The van der Waals surface area contributed by atoms with Crippen LogP contribution in [0, 0.1) is 0 Å². The number of thioether (sulfide) groups is 1. The number of carbonyl (C=O) groups excluding carboxylic acids is 1. The van der Waals surface area contributed by atoms with Crippen LogP contribution in [0.3, 0.4) is 0 Å². The lowest BCUT2D eigenvalue weighted by Gasteiger charge is -2.09. The van der Waals surface area contributed by atoms with Crippen molar-refractivity contribution in [2.75, 3.05) is 25.3 Å². The lowest BCUT2D eigenvalue weighted by molar-refractivity contribution is -0.113. The van der Waals surface area contributed by atoms with Gasteiger partial charge in [0, 0.05) is 6.07 Å². The molecular formula is C15H14ClN5O3S. The monoisotopic (exact) mass is 379 g/mol. The molecule has 3 aromatic rings. The number of nitrogens with zero attached hydrogens (tertiary/aromatic N) is 3. The number of nitrogens with one attached hydrogen (secondary N) is 2. The standard InChI is InChI=1S/C15H14ClN5O3S/c1-23-10-3-4-12(21-14(10)24-2)20-13(22)7-25-15-18-8-5-11(16)17-6-9(8)19-15/h3-6H,7H2,1-2H3,(H,18,19)(H,20,21,22). The Morgan fingerprint density at radius 1 is 1.32 bits per heavy atom. The first kappa shape index (κ1) is 17.3. The van der Waals surface area contributed by atoms with Crippen molar-refractivity contribution in [1.29, 1.82) is 0 Å². The van der Waals surface area contributed by atoms with Crippen LogP contribution >= 0.6 is 23.4 Å². The second-order valence-corrected chi connectivity index (χ2v) is 6.16. The maximum Gasteiger partial charge on any atom is 0.258 e. The Morgan fingerprint density at radius 2 is 2.16 bits per heavy atom. The quantitative estimate of drug-likeness (QED) is 0.501. The van der Waals surface area contributed by atoms with Crippen LogP contribution in [0.1, 0.15) is 0 Å². The van der Waals surface area contributed by atoms with Gasteiger partial charge in [-0.2, -0.15) is 4.98 Å². The molecule has 0 aliphatic heterocycles. The molecule has 2 N–H and O–H groups in total. The normalized spacial score (nSPS) is 10.7. The number of carbonyl (C=O) groups is 1. The molecule has 8 nitrogen and oxygen atoms in total. The summed E-state index contributed by atoms with van der Waals surface area (Å²) in [4.78, 5) is 27.6. The molecule has 10 heteroatoms. The number of anilines is 1. The van der Waals surface area contributed by atoms with Gasteiger partial charge in [-0.3, -0.25) is 4.79 Å². The number of aromatic nitrogens is 4. The van der Waals surface area contributed by atoms with E-state index in [1.54, 1.807) is 24.4 Å². The zero-order chi connectivity index (χ0) is 17.8. The number of rotatable bonds is 6. The fourth-order valence-corrected chi connectivity index (χ4v) is 2.89. The van der Waals surface area contributed by atoms with Gasteiger partial charge in [0.25, 0.3) is 5.88 Å². The average molecular weight is 380 g/mol. The Morgan fingerprint density at radius 3 is 2.92 bits per heavy atom. The molecular weight excluding hydrogens is 366 g/mol. The fraction of sp³-hybridized carbons (Fsp3) is 0.200. The Kier molecular flexibility index (Phi) is 5.25. The molecule has 1 amide bonds. The number of hydrogen-bond donors (Lipinski definition) is 2. The zero-order valence-electron chi connectivity index (χ0n) is 13.4. The van der Waals surface area contributed by atoms with E-state index in [9.17, 15) is 4.79 Å². The highest BCUT2D eigenvalue weighted by molar-refractivity contribution is 7.99. The molecule has 0 spiro atoms. The summed E-state index contributed by atoms with van der Waals surface area (Å²) in [7, 11) is 3.00. The molecule has 0 aliphatic rings. The molecule has 3 rings (SSSR count). The summed E-state index contributed by atoms with van der Waals surface area (Å²) < 4.78 is 10.2. The van der Waals surface area contributed by atoms with Crippen LogP contribution in [-0.2, 0) is 4.79 Å². The number of H-pyrrole nitrogens is 1. The number of ether oxygens (including phenoxy) is 2. The Bertz CT molecular complexity index is 917. The molecule has 130 valence electrons. The highest BCUT2D eigenvalue weighted by Gasteiger charge is 2.11. The van der Waals surface area contributed by atoms with Crippen LogP contribution in [0.4, 0.5) is 5.82 Å². The fourth-order valence-electron chi connectivity index (χ4n) is 2.04. The van der Waals surface area contributed by atoms with E-state index >= 15 is 0 Å². The highest BCUT2D eigenvalue weighted by Crippen LogP contribution is 2.26. The third-order valence-electron chi connectivity index (χ3n) is 3.16. The summed E-state index contributed by atoms with van der Waals surface area (Å²) in [6.07, 6.45) is 1.58. The first-order valence-electron chi connectivity index (χ1n) is 7.12. The van der Waals surface area contributed by atoms with Crippen LogP contribution < -0.4 is 14.8 Å². The number of methoxy groups -OCH3 is 2. The Hall–Kier alpha value is -2.52. The number of hydrogen-bond acceptors (Lipinski definition) is 7. The molecule has 0 aliphatic carbocycles. The molecule has 0 atom stereocenters. The molecule has 0 radical (unpaired) electrons. The Balaban J connectivity index is 1.62. The summed E-state index contributed by atoms with van der Waals surface area (Å²) >= 11 is 7.10. The number of halogens is 1. The maximum atomic E-state index is 12.1. The van der Waals surface area contributed by atoms with Crippen LogP contribution in [0.15, 0.2) is 29.6 Å². The van der Waals surface area contributed by atoms with Gasteiger partial charge in [-0.05, 0) is 12.1 Å². The van der Waals surface area contributed by atoms with Crippen LogP contribution in [-0.4, -0.2) is 45.8 Å². The van der Waals surface area contributed by atoms with Crippen molar-refractivity contribution in [2.24, 2.45) is 0 Å². The first-order valence-corrected chi connectivity index (χ1v) is 8.48. The van der Waals surface area contributed by atoms with Gasteiger partial charge in [-0.1, -0.05) is 23.4 Å². The minimum atomic E-state index is -0.221. The highest BCUT2D eigenvalue weighted by atomic mass is 35.5. The van der Waals surface area contributed by atoms with E-state index in [0.29, 0.717) is 33.3 Å². The van der Waals surface area contributed by atoms with Gasteiger partial charge in [0.15, 0.2) is 10.9 Å². The lowest BCUT2D eigenvalue weighted by atomic mass is 10.4. The third kappa shape index (κ3) is 4.12. The largest absolute Gasteiger partial charge is 0.491 e. The number of amides is 1. The average Bonchev–Trinajstić information content (AvgIpc) is 3.01. The predicted molar refractivity (Wildman–Crippen MR) is 95.6 cm³/mol. The van der Waals surface area contributed by atoms with Crippen LogP contribution in [0.25, 0.3) is 11.0 Å². The molecule has 0 aromatic carbocycles. The van der Waals surface area contributed by atoms with E-state index in [4.69, 9.17) is 21.1 Å². The van der Waals surface area contributed by atoms with Gasteiger partial charge in [-0.15, -0.1) is 0 Å². The molecule has 25 heavy (non-hydrogen) atoms. The van der Waals surface area contributed by atoms with Gasteiger partial charge >= 0.3 is 0 Å². The number of aromatic amines is 1. The van der Waals surface area contributed by atoms with Gasteiger partial charge in [0.05, 0.1) is 31.7 Å². The predicted octanol–water partition coefficient (Wildman–Crippen LogP) is 2.75. The zero-order valence-corrected chi connectivity index (χ0v) is 14.9. The second kappa shape index (κ2) is 7.58.